The van der Waals surface area contributed by atoms with E-state index in [-0.39, 0.29) is 17.6 Å². The Morgan fingerprint density at radius 3 is 2.64 bits per heavy atom. The van der Waals surface area contributed by atoms with Gasteiger partial charge in [0.15, 0.2) is 0 Å². The van der Waals surface area contributed by atoms with E-state index in [2.05, 4.69) is 5.10 Å². The topological polar surface area (TPSA) is 89.0 Å². The number of benzene rings is 1. The van der Waals surface area contributed by atoms with Gasteiger partial charge in [0.25, 0.3) is 5.69 Å². The largest absolute Gasteiger partial charge is 0.467 e. The molecular weight excluding hydrogens is 286 g/mol. The molecule has 3 rings (SSSR count). The number of nitro groups is 1. The summed E-state index contributed by atoms with van der Waals surface area (Å²) in [6.07, 6.45) is 2.06. The first-order valence-electron chi connectivity index (χ1n) is 6.72. The minimum atomic E-state index is -0.451. The van der Waals surface area contributed by atoms with Crippen LogP contribution in [0.5, 0.6) is 0 Å². The molecule has 7 nitrogen and oxygen atoms in total. The molecular formula is C15H13N3O4. The van der Waals surface area contributed by atoms with Crippen LogP contribution in [0.25, 0.3) is 0 Å². The Morgan fingerprint density at radius 1 is 1.36 bits per heavy atom. The van der Waals surface area contributed by atoms with Crippen molar-refractivity contribution >= 4 is 17.3 Å². The Bertz CT molecular complexity index is 735. The van der Waals surface area contributed by atoms with Gasteiger partial charge in [-0.15, -0.1) is 0 Å². The van der Waals surface area contributed by atoms with Crippen molar-refractivity contribution in [2.75, 3.05) is 0 Å². The number of amides is 1. The maximum absolute atomic E-state index is 11.8. The van der Waals surface area contributed by atoms with Crippen LogP contribution in [0.4, 0.5) is 5.69 Å². The van der Waals surface area contributed by atoms with Crippen molar-refractivity contribution in [2.45, 2.75) is 19.4 Å². The van der Waals surface area contributed by atoms with E-state index in [0.29, 0.717) is 17.9 Å². The minimum Gasteiger partial charge on any atom is -0.467 e. The highest BCUT2D eigenvalue weighted by molar-refractivity contribution is 6.03. The molecule has 0 bridgehead atoms. The molecule has 0 aliphatic carbocycles. The van der Waals surface area contributed by atoms with E-state index in [4.69, 9.17) is 4.42 Å². The molecule has 1 amide bonds. The highest BCUT2D eigenvalue weighted by Gasteiger charge is 2.33. The summed E-state index contributed by atoms with van der Waals surface area (Å²) < 4.78 is 5.38. The molecule has 1 atom stereocenters. The Hall–Kier alpha value is -2.96. The number of hydrogen-bond donors (Lipinski definition) is 0. The van der Waals surface area contributed by atoms with Gasteiger partial charge in [0.2, 0.25) is 5.91 Å². The van der Waals surface area contributed by atoms with Crippen LogP contribution in [-0.2, 0) is 4.79 Å². The van der Waals surface area contributed by atoms with Gasteiger partial charge in [-0.25, -0.2) is 5.01 Å². The normalized spacial score (nSPS) is 17.4. The Kier molecular flexibility index (Phi) is 3.46. The zero-order valence-corrected chi connectivity index (χ0v) is 11.8. The lowest BCUT2D eigenvalue weighted by Gasteiger charge is -2.17. The lowest BCUT2D eigenvalue weighted by Crippen LogP contribution is -2.23. The number of hydrogen-bond acceptors (Lipinski definition) is 5. The van der Waals surface area contributed by atoms with Crippen molar-refractivity contribution < 1.29 is 14.1 Å². The number of nitro benzene ring substituents is 1. The number of non-ortho nitro benzene ring substituents is 1. The standard InChI is InChI=1S/C15H13N3O4/c1-10(19)17-14(15-3-2-8-22-15)9-13(16-17)11-4-6-12(7-5-11)18(20)21/h2-8,14H,9H2,1H3. The predicted molar refractivity (Wildman–Crippen MR) is 78.2 cm³/mol. The average Bonchev–Trinajstić information content (AvgIpc) is 3.16. The molecule has 1 aromatic heterocycles. The quantitative estimate of drug-likeness (QED) is 0.643. The van der Waals surface area contributed by atoms with E-state index < -0.39 is 4.92 Å². The van der Waals surface area contributed by atoms with Crippen molar-refractivity contribution in [3.8, 4) is 0 Å². The van der Waals surface area contributed by atoms with Crippen LogP contribution in [-0.4, -0.2) is 21.6 Å². The molecule has 2 heterocycles. The second-order valence-electron chi connectivity index (χ2n) is 4.95. The third kappa shape index (κ3) is 2.48. The second kappa shape index (κ2) is 5.44. The third-order valence-corrected chi connectivity index (χ3v) is 3.52. The van der Waals surface area contributed by atoms with Crippen molar-refractivity contribution in [1.29, 1.82) is 0 Å². The van der Waals surface area contributed by atoms with Gasteiger partial charge < -0.3 is 4.42 Å². The summed E-state index contributed by atoms with van der Waals surface area (Å²) in [7, 11) is 0. The molecule has 1 aliphatic heterocycles. The van der Waals surface area contributed by atoms with E-state index in [0.717, 1.165) is 5.56 Å². The van der Waals surface area contributed by atoms with Crippen LogP contribution < -0.4 is 0 Å². The van der Waals surface area contributed by atoms with Gasteiger partial charge in [-0.05, 0) is 29.8 Å². The number of rotatable bonds is 3. The van der Waals surface area contributed by atoms with Gasteiger partial charge in [0, 0.05) is 25.5 Å². The first-order chi connectivity index (χ1) is 10.6. The molecule has 1 aromatic carbocycles. The highest BCUT2D eigenvalue weighted by atomic mass is 16.6. The van der Waals surface area contributed by atoms with Gasteiger partial charge in [0.1, 0.15) is 11.8 Å². The number of furan rings is 1. The average molecular weight is 299 g/mol. The maximum Gasteiger partial charge on any atom is 0.269 e. The lowest BCUT2D eigenvalue weighted by atomic mass is 10.0. The van der Waals surface area contributed by atoms with Crippen molar-refractivity contribution in [3.05, 3.63) is 64.1 Å². The summed E-state index contributed by atoms with van der Waals surface area (Å²) in [5, 5.41) is 16.4. The summed E-state index contributed by atoms with van der Waals surface area (Å²) in [4.78, 5) is 22.0. The number of hydrazone groups is 1. The second-order valence-corrected chi connectivity index (χ2v) is 4.95. The molecule has 2 aromatic rings. The van der Waals surface area contributed by atoms with E-state index in [9.17, 15) is 14.9 Å². The molecule has 112 valence electrons. The summed E-state index contributed by atoms with van der Waals surface area (Å²) in [6.45, 7) is 1.44. The van der Waals surface area contributed by atoms with Gasteiger partial charge >= 0.3 is 0 Å². The van der Waals surface area contributed by atoms with Gasteiger partial charge in [0.05, 0.1) is 16.9 Å². The summed E-state index contributed by atoms with van der Waals surface area (Å²) >= 11 is 0. The molecule has 7 heteroatoms. The van der Waals surface area contributed by atoms with Crippen molar-refractivity contribution in [3.63, 3.8) is 0 Å². The van der Waals surface area contributed by atoms with E-state index >= 15 is 0 Å². The molecule has 1 aliphatic rings. The van der Waals surface area contributed by atoms with Crippen LogP contribution in [0.3, 0.4) is 0 Å². The minimum absolute atomic E-state index is 0.0216. The molecule has 0 radical (unpaired) electrons. The van der Waals surface area contributed by atoms with Crippen LogP contribution in [0, 0.1) is 10.1 Å². The van der Waals surface area contributed by atoms with Crippen molar-refractivity contribution in [2.24, 2.45) is 5.10 Å². The first-order valence-corrected chi connectivity index (χ1v) is 6.72. The van der Waals surface area contributed by atoms with Crippen LogP contribution in [0.1, 0.15) is 30.7 Å². The first kappa shape index (κ1) is 14.0. The molecule has 1 unspecified atom stereocenters. The van der Waals surface area contributed by atoms with E-state index in [1.54, 1.807) is 30.5 Å². The van der Waals surface area contributed by atoms with Gasteiger partial charge in [-0.2, -0.15) is 5.10 Å². The number of nitrogens with zero attached hydrogens (tertiary/aromatic N) is 3. The van der Waals surface area contributed by atoms with E-state index in [1.165, 1.54) is 24.1 Å². The zero-order chi connectivity index (χ0) is 15.7. The fourth-order valence-electron chi connectivity index (χ4n) is 2.45. The molecule has 0 saturated carbocycles. The van der Waals surface area contributed by atoms with Crippen LogP contribution in [0.15, 0.2) is 52.2 Å². The Balaban J connectivity index is 1.90. The smallest absolute Gasteiger partial charge is 0.269 e. The summed E-state index contributed by atoms with van der Waals surface area (Å²) in [5.41, 5.74) is 1.48. The van der Waals surface area contributed by atoms with Gasteiger partial charge in [-0.3, -0.25) is 14.9 Å². The van der Waals surface area contributed by atoms with Crippen LogP contribution >= 0.6 is 0 Å². The Morgan fingerprint density at radius 2 is 2.09 bits per heavy atom. The zero-order valence-electron chi connectivity index (χ0n) is 11.8. The van der Waals surface area contributed by atoms with Crippen molar-refractivity contribution in [1.82, 2.24) is 5.01 Å². The fourth-order valence-corrected chi connectivity index (χ4v) is 2.45. The van der Waals surface area contributed by atoms with Gasteiger partial charge in [-0.1, -0.05) is 0 Å². The number of carbonyl (C=O) groups is 1. The third-order valence-electron chi connectivity index (χ3n) is 3.52. The predicted octanol–water partition coefficient (Wildman–Crippen LogP) is 2.89. The SMILES string of the molecule is CC(=O)N1N=C(c2ccc([N+](=O)[O-])cc2)CC1c1ccco1. The lowest BCUT2D eigenvalue weighted by molar-refractivity contribution is -0.384. The maximum atomic E-state index is 11.8. The summed E-state index contributed by atoms with van der Waals surface area (Å²) in [6, 6.07) is 9.41. The van der Waals surface area contributed by atoms with E-state index in [1.807, 2.05) is 0 Å². The molecule has 0 fully saturated rings. The monoisotopic (exact) mass is 299 g/mol. The van der Waals surface area contributed by atoms with Crippen LogP contribution in [0.2, 0.25) is 0 Å². The molecule has 0 spiro atoms. The fraction of sp³-hybridized carbons (Fsp3) is 0.200. The highest BCUT2D eigenvalue weighted by Crippen LogP contribution is 2.33. The number of carbonyl (C=O) groups excluding carboxylic acids is 1. The molecule has 22 heavy (non-hydrogen) atoms. The molecule has 0 saturated heterocycles. The summed E-state index contributed by atoms with van der Waals surface area (Å²) in [5.74, 6) is 0.481. The Labute approximate surface area is 126 Å². The molecule has 0 N–H and O–H groups in total.